The number of nitrogens with zero attached hydrogens (tertiary/aromatic N) is 2. The maximum atomic E-state index is 13.1. The number of alkyl halides is 3. The summed E-state index contributed by atoms with van der Waals surface area (Å²) in [6.07, 6.45) is -6.42. The number of rotatable bonds is 8. The highest BCUT2D eigenvalue weighted by Gasteiger charge is 2.52. The van der Waals surface area contributed by atoms with Crippen LogP contribution < -0.4 is 9.47 Å². The molecule has 0 aliphatic carbocycles. The number of ketones is 1. The molecule has 0 heterocycles. The van der Waals surface area contributed by atoms with E-state index in [1.54, 1.807) is 0 Å². The number of amides is 2. The quantitative estimate of drug-likeness (QED) is 0.444. The predicted octanol–water partition coefficient (Wildman–Crippen LogP) is 4.92. The first-order valence-electron chi connectivity index (χ1n) is 9.61. The van der Waals surface area contributed by atoms with Crippen LogP contribution in [0.1, 0.15) is 12.0 Å². The van der Waals surface area contributed by atoms with Crippen LogP contribution in [-0.4, -0.2) is 49.0 Å². The van der Waals surface area contributed by atoms with E-state index in [0.29, 0.717) is 11.0 Å². The van der Waals surface area contributed by atoms with Gasteiger partial charge in [0.2, 0.25) is 5.78 Å². The van der Waals surface area contributed by atoms with Gasteiger partial charge in [0.15, 0.2) is 0 Å². The Bertz CT molecular complexity index is 1170. The summed E-state index contributed by atoms with van der Waals surface area (Å²) in [7, 11) is 1.96. The number of halogens is 5. The van der Waals surface area contributed by atoms with Crippen LogP contribution in [0.3, 0.4) is 0 Å². The number of methoxy groups -OCH3 is 1. The molecule has 0 radical (unpaired) electrons. The number of hydrogen-bond donors (Lipinski definition) is 0. The van der Waals surface area contributed by atoms with E-state index < -0.39 is 48.2 Å². The van der Waals surface area contributed by atoms with Crippen LogP contribution in [-0.2, 0) is 20.5 Å². The summed E-state index contributed by atoms with van der Waals surface area (Å²) < 4.78 is 53.6. The molecule has 0 saturated carbocycles. The number of ether oxygens (including phenoxy) is 3. The number of para-hydroxylation sites is 1. The van der Waals surface area contributed by atoms with Gasteiger partial charge in [0.05, 0.1) is 29.3 Å². The number of hydrogen-bond acceptors (Lipinski definition) is 7. The molecule has 0 bridgehead atoms. The smallest absolute Gasteiger partial charge is 0.416 e. The molecular formula is C22H17Cl2F3N2O6. The minimum atomic E-state index is -4.62. The fraction of sp³-hybridized carbons (Fsp3) is 0.273. The highest BCUT2D eigenvalue weighted by molar-refractivity contribution is 6.32. The van der Waals surface area contributed by atoms with Gasteiger partial charge < -0.3 is 14.2 Å². The van der Waals surface area contributed by atoms with E-state index >= 15 is 0 Å². The predicted molar refractivity (Wildman–Crippen MR) is 117 cm³/mol. The number of carbonyl (C=O) groups excluding carboxylic acids is 3. The van der Waals surface area contributed by atoms with Crippen molar-refractivity contribution in [1.29, 1.82) is 5.26 Å². The van der Waals surface area contributed by atoms with Crippen molar-refractivity contribution in [2.45, 2.75) is 18.2 Å². The number of Topliss-reactive ketones (excluding diaryl/α,β-unsaturated/α-hetero) is 1. The summed E-state index contributed by atoms with van der Waals surface area (Å²) in [6, 6.07) is 9.53. The van der Waals surface area contributed by atoms with Gasteiger partial charge in [0, 0.05) is 13.5 Å². The molecule has 8 nitrogen and oxygen atoms in total. The molecule has 2 aromatic carbocycles. The zero-order valence-corrected chi connectivity index (χ0v) is 19.7. The average Bonchev–Trinajstić information content (AvgIpc) is 2.82. The molecule has 13 heteroatoms. The Kier molecular flexibility index (Phi) is 8.95. The van der Waals surface area contributed by atoms with Gasteiger partial charge in [-0.05, 0) is 30.3 Å². The second-order valence-electron chi connectivity index (χ2n) is 6.82. The minimum absolute atomic E-state index is 0.0266. The SMILES string of the molecule is COC(=O)N(C)C(=O)C(C#N)(Oc1ccccc1Cl)C(=O)CCOc1ccc(C(F)(F)F)cc1Cl. The third-order valence-corrected chi connectivity index (χ3v) is 5.16. The van der Waals surface area contributed by atoms with Crippen LogP contribution in [0.25, 0.3) is 0 Å². The van der Waals surface area contributed by atoms with Crippen molar-refractivity contribution >= 4 is 41.0 Å². The molecular weight excluding hydrogens is 516 g/mol. The molecule has 1 unspecified atom stereocenters. The van der Waals surface area contributed by atoms with Gasteiger partial charge >= 0.3 is 17.9 Å². The minimum Gasteiger partial charge on any atom is -0.492 e. The van der Waals surface area contributed by atoms with Crippen molar-refractivity contribution in [2.75, 3.05) is 20.8 Å². The molecule has 186 valence electrons. The van der Waals surface area contributed by atoms with Crippen LogP contribution in [0.15, 0.2) is 42.5 Å². The van der Waals surface area contributed by atoms with E-state index in [9.17, 15) is 32.8 Å². The summed E-state index contributed by atoms with van der Waals surface area (Å²) >= 11 is 11.9. The van der Waals surface area contributed by atoms with Crippen molar-refractivity contribution in [3.8, 4) is 17.6 Å². The molecule has 2 amide bonds. The molecule has 0 N–H and O–H groups in total. The Morgan fingerprint density at radius 1 is 1.06 bits per heavy atom. The monoisotopic (exact) mass is 532 g/mol. The Labute approximate surface area is 207 Å². The lowest BCUT2D eigenvalue weighted by molar-refractivity contribution is -0.149. The molecule has 0 aliphatic heterocycles. The first-order chi connectivity index (χ1) is 16.4. The Balaban J connectivity index is 2.30. The Morgan fingerprint density at radius 3 is 2.26 bits per heavy atom. The van der Waals surface area contributed by atoms with Gasteiger partial charge in [-0.3, -0.25) is 9.59 Å². The fourth-order valence-electron chi connectivity index (χ4n) is 2.73. The van der Waals surface area contributed by atoms with Crippen molar-refractivity contribution < 1.29 is 41.8 Å². The van der Waals surface area contributed by atoms with Gasteiger partial charge in [0.25, 0.3) is 5.91 Å². The number of likely N-dealkylation sites (N-methyl/N-ethyl adjacent to an activating group) is 1. The van der Waals surface area contributed by atoms with Gasteiger partial charge in [-0.2, -0.15) is 18.4 Å². The van der Waals surface area contributed by atoms with Crippen LogP contribution in [0.5, 0.6) is 11.5 Å². The van der Waals surface area contributed by atoms with E-state index in [1.165, 1.54) is 30.3 Å². The fourth-order valence-corrected chi connectivity index (χ4v) is 3.13. The molecule has 2 aromatic rings. The number of imide groups is 1. The highest BCUT2D eigenvalue weighted by Crippen LogP contribution is 2.35. The zero-order valence-electron chi connectivity index (χ0n) is 18.2. The van der Waals surface area contributed by atoms with Gasteiger partial charge in [-0.25, -0.2) is 9.69 Å². The molecule has 35 heavy (non-hydrogen) atoms. The number of benzene rings is 2. The number of carbonyl (C=O) groups is 3. The first kappa shape index (κ1) is 27.8. The second kappa shape index (κ2) is 11.3. The molecule has 0 spiro atoms. The largest absolute Gasteiger partial charge is 0.492 e. The zero-order chi connectivity index (χ0) is 26.4. The Morgan fingerprint density at radius 2 is 1.71 bits per heavy atom. The average molecular weight is 533 g/mol. The van der Waals surface area contributed by atoms with Crippen molar-refractivity contribution in [3.05, 3.63) is 58.1 Å². The summed E-state index contributed by atoms with van der Waals surface area (Å²) in [5.74, 6) is -2.84. The van der Waals surface area contributed by atoms with Crippen LogP contribution in [0.4, 0.5) is 18.0 Å². The normalized spacial score (nSPS) is 12.6. The first-order valence-corrected chi connectivity index (χ1v) is 10.4. The molecule has 0 fully saturated rings. The summed E-state index contributed by atoms with van der Waals surface area (Å²) in [4.78, 5) is 38.3. The van der Waals surface area contributed by atoms with E-state index in [0.717, 1.165) is 26.3 Å². The van der Waals surface area contributed by atoms with Gasteiger partial charge in [0.1, 0.15) is 17.6 Å². The van der Waals surface area contributed by atoms with E-state index in [1.807, 2.05) is 0 Å². The lowest BCUT2D eigenvalue weighted by atomic mass is 9.95. The van der Waals surface area contributed by atoms with E-state index in [4.69, 9.17) is 32.7 Å². The summed E-state index contributed by atoms with van der Waals surface area (Å²) in [5, 5.41) is 9.44. The molecule has 2 rings (SSSR count). The topological polar surface area (TPSA) is 106 Å². The summed E-state index contributed by atoms with van der Waals surface area (Å²) in [6.45, 7) is -0.492. The highest BCUT2D eigenvalue weighted by atomic mass is 35.5. The standard InChI is InChI=1S/C22H17Cl2F3N2O6/c1-29(20(32)33-2)19(31)21(12-28,35-17-6-4-3-5-14(17)23)18(30)9-10-34-16-8-7-13(11-15(16)24)22(25,26)27/h3-8,11H,9-10H2,1-2H3. The number of nitriles is 1. The molecule has 0 aromatic heterocycles. The summed E-state index contributed by atoms with van der Waals surface area (Å²) in [5.41, 5.74) is -3.86. The van der Waals surface area contributed by atoms with Gasteiger partial charge in [-0.15, -0.1) is 0 Å². The van der Waals surface area contributed by atoms with Crippen LogP contribution >= 0.6 is 23.2 Å². The third-order valence-electron chi connectivity index (χ3n) is 4.55. The second-order valence-corrected chi connectivity index (χ2v) is 7.64. The lowest BCUT2D eigenvalue weighted by Crippen LogP contribution is -2.57. The van der Waals surface area contributed by atoms with Crippen LogP contribution in [0, 0.1) is 11.3 Å². The molecule has 1 atom stereocenters. The van der Waals surface area contributed by atoms with E-state index in [2.05, 4.69) is 4.74 Å². The Hall–Kier alpha value is -3.49. The van der Waals surface area contributed by atoms with Crippen LogP contribution in [0.2, 0.25) is 10.0 Å². The molecule has 0 aliphatic rings. The van der Waals surface area contributed by atoms with E-state index in [-0.39, 0.29) is 21.5 Å². The maximum Gasteiger partial charge on any atom is 0.416 e. The van der Waals surface area contributed by atoms with Crippen molar-refractivity contribution in [1.82, 2.24) is 4.90 Å². The third kappa shape index (κ3) is 6.35. The van der Waals surface area contributed by atoms with Gasteiger partial charge in [-0.1, -0.05) is 35.3 Å². The lowest BCUT2D eigenvalue weighted by Gasteiger charge is -2.28. The van der Waals surface area contributed by atoms with Crippen molar-refractivity contribution in [3.63, 3.8) is 0 Å². The van der Waals surface area contributed by atoms with Crippen molar-refractivity contribution in [2.24, 2.45) is 0 Å². The molecule has 0 saturated heterocycles. The maximum absolute atomic E-state index is 13.1.